The molecule has 7 rings (SSSR count). The maximum Gasteiger partial charge on any atom is 0.270 e. The number of aliphatic hydroxyl groups excluding tert-OH is 1. The molecule has 3 atom stereocenters. The van der Waals surface area contributed by atoms with Crippen LogP contribution in [-0.4, -0.2) is 57.2 Å². The standard InChI is InChI=1S/C28H35N5O3/c1-18-5-2-7-22(29-18)25(35)31-27-12-19-11-20(13-27)15-28(14-19,17-27)32-26(36)23-8-3-9-24(30-23)33-10-4-6-21(33)16-34/h2-3,5,7-9,19-21,34H,4,6,10-17H2,1H3,(H,31,35)(H,32,36)/t19?,20?,21-,27?,28?/m1/s1. The van der Waals surface area contributed by atoms with E-state index in [2.05, 4.69) is 25.5 Å². The summed E-state index contributed by atoms with van der Waals surface area (Å²) < 4.78 is 0. The molecule has 2 aromatic rings. The normalized spacial score (nSPS) is 32.5. The Morgan fingerprint density at radius 2 is 1.58 bits per heavy atom. The molecule has 1 saturated heterocycles. The van der Waals surface area contributed by atoms with E-state index in [0.717, 1.165) is 63.0 Å². The second kappa shape index (κ2) is 8.83. The van der Waals surface area contributed by atoms with E-state index in [-0.39, 0.29) is 35.5 Å². The Bertz CT molecular complexity index is 1170. The maximum atomic E-state index is 13.5. The van der Waals surface area contributed by atoms with Gasteiger partial charge in [0.15, 0.2) is 0 Å². The molecule has 0 radical (unpaired) electrons. The van der Waals surface area contributed by atoms with Gasteiger partial charge in [-0.2, -0.15) is 0 Å². The average molecular weight is 490 g/mol. The summed E-state index contributed by atoms with van der Waals surface area (Å²) in [5, 5.41) is 16.5. The van der Waals surface area contributed by atoms with Gasteiger partial charge in [0, 0.05) is 23.3 Å². The zero-order valence-electron chi connectivity index (χ0n) is 20.9. The molecule has 4 saturated carbocycles. The summed E-state index contributed by atoms with van der Waals surface area (Å²) in [7, 11) is 0. The van der Waals surface area contributed by atoms with Crippen LogP contribution >= 0.6 is 0 Å². The molecule has 5 aliphatic rings. The molecule has 2 unspecified atom stereocenters. The van der Waals surface area contributed by atoms with E-state index in [1.54, 1.807) is 12.1 Å². The third-order valence-corrected chi connectivity index (χ3v) is 8.79. The molecule has 0 spiro atoms. The number of amides is 2. The number of carbonyl (C=O) groups is 2. The van der Waals surface area contributed by atoms with Gasteiger partial charge < -0.3 is 20.6 Å². The van der Waals surface area contributed by atoms with Gasteiger partial charge in [-0.25, -0.2) is 9.97 Å². The zero-order chi connectivity index (χ0) is 24.9. The van der Waals surface area contributed by atoms with Gasteiger partial charge in [0.1, 0.15) is 17.2 Å². The van der Waals surface area contributed by atoms with Crippen LogP contribution in [0.25, 0.3) is 0 Å². The number of aromatic nitrogens is 2. The second-order valence-corrected chi connectivity index (χ2v) is 11.6. The highest BCUT2D eigenvalue weighted by Crippen LogP contribution is 2.57. The molecule has 1 aliphatic heterocycles. The van der Waals surface area contributed by atoms with Crippen molar-refractivity contribution in [3.05, 3.63) is 53.5 Å². The fourth-order valence-corrected chi connectivity index (χ4v) is 7.87. The van der Waals surface area contributed by atoms with Crippen LogP contribution in [0.1, 0.15) is 78.0 Å². The van der Waals surface area contributed by atoms with Gasteiger partial charge in [-0.3, -0.25) is 9.59 Å². The van der Waals surface area contributed by atoms with Crippen molar-refractivity contribution in [1.82, 2.24) is 20.6 Å². The van der Waals surface area contributed by atoms with Gasteiger partial charge >= 0.3 is 0 Å². The maximum absolute atomic E-state index is 13.5. The second-order valence-electron chi connectivity index (χ2n) is 11.6. The summed E-state index contributed by atoms with van der Waals surface area (Å²) in [6.07, 6.45) is 7.70. The van der Waals surface area contributed by atoms with Gasteiger partial charge in [-0.05, 0) is 94.4 Å². The first-order valence-corrected chi connectivity index (χ1v) is 13.3. The highest BCUT2D eigenvalue weighted by Gasteiger charge is 2.59. The number of carbonyl (C=O) groups excluding carboxylic acids is 2. The van der Waals surface area contributed by atoms with Gasteiger partial charge in [0.2, 0.25) is 0 Å². The number of nitrogens with one attached hydrogen (secondary N) is 2. The molecule has 3 N–H and O–H groups in total. The SMILES string of the molecule is Cc1cccc(C(=O)NC23CC4CC(C2)CC(NC(=O)c2cccc(N5CCC[C@@H]5CO)n2)(C4)C3)n1. The van der Waals surface area contributed by atoms with Crippen LogP contribution in [0.4, 0.5) is 5.82 Å². The van der Waals surface area contributed by atoms with Crippen molar-refractivity contribution in [2.75, 3.05) is 18.1 Å². The predicted molar refractivity (Wildman–Crippen MR) is 136 cm³/mol. The van der Waals surface area contributed by atoms with E-state index in [0.29, 0.717) is 23.2 Å². The number of aliphatic hydroxyl groups is 1. The van der Waals surface area contributed by atoms with Crippen LogP contribution < -0.4 is 15.5 Å². The number of anilines is 1. The number of rotatable bonds is 6. The van der Waals surface area contributed by atoms with Crippen LogP contribution in [0.5, 0.6) is 0 Å². The number of nitrogens with zero attached hydrogens (tertiary/aromatic N) is 3. The highest BCUT2D eigenvalue weighted by atomic mass is 16.3. The minimum atomic E-state index is -0.326. The van der Waals surface area contributed by atoms with Gasteiger partial charge in [0.25, 0.3) is 11.8 Å². The van der Waals surface area contributed by atoms with Crippen molar-refractivity contribution in [2.45, 2.75) is 75.4 Å². The Labute approximate surface area is 211 Å². The molecule has 36 heavy (non-hydrogen) atoms. The van der Waals surface area contributed by atoms with Crippen LogP contribution in [0.3, 0.4) is 0 Å². The average Bonchev–Trinajstić information content (AvgIpc) is 3.32. The summed E-state index contributed by atoms with van der Waals surface area (Å²) >= 11 is 0. The van der Waals surface area contributed by atoms with E-state index in [9.17, 15) is 14.7 Å². The molecule has 8 nitrogen and oxygen atoms in total. The summed E-state index contributed by atoms with van der Waals surface area (Å²) in [4.78, 5) is 37.9. The predicted octanol–water partition coefficient (Wildman–Crippen LogP) is 3.00. The molecule has 2 amide bonds. The third-order valence-electron chi connectivity index (χ3n) is 8.79. The van der Waals surface area contributed by atoms with Gasteiger partial charge in [0.05, 0.1) is 12.6 Å². The highest BCUT2D eigenvalue weighted by molar-refractivity contribution is 5.94. The monoisotopic (exact) mass is 489 g/mol. The first-order chi connectivity index (χ1) is 17.4. The van der Waals surface area contributed by atoms with Crippen LogP contribution in [0, 0.1) is 18.8 Å². The molecule has 5 fully saturated rings. The first-order valence-electron chi connectivity index (χ1n) is 13.3. The van der Waals surface area contributed by atoms with E-state index in [1.165, 1.54) is 6.42 Å². The van der Waals surface area contributed by atoms with E-state index in [1.807, 2.05) is 31.2 Å². The summed E-state index contributed by atoms with van der Waals surface area (Å²) in [5.41, 5.74) is 1.06. The van der Waals surface area contributed by atoms with E-state index in [4.69, 9.17) is 0 Å². The largest absolute Gasteiger partial charge is 0.394 e. The Balaban J connectivity index is 1.21. The van der Waals surface area contributed by atoms with Crippen molar-refractivity contribution in [1.29, 1.82) is 0 Å². The first kappa shape index (κ1) is 23.4. The molecule has 0 aromatic carbocycles. The Morgan fingerprint density at radius 3 is 2.19 bits per heavy atom. The summed E-state index contributed by atoms with van der Waals surface area (Å²) in [5.74, 6) is 1.46. The van der Waals surface area contributed by atoms with Crippen molar-refractivity contribution in [3.8, 4) is 0 Å². The summed E-state index contributed by atoms with van der Waals surface area (Å²) in [6.45, 7) is 2.83. The van der Waals surface area contributed by atoms with Gasteiger partial charge in [-0.15, -0.1) is 0 Å². The number of aryl methyl sites for hydroxylation is 1. The smallest absolute Gasteiger partial charge is 0.270 e. The molecular formula is C28H35N5O3. The molecule has 2 aromatic heterocycles. The van der Waals surface area contributed by atoms with Crippen molar-refractivity contribution in [3.63, 3.8) is 0 Å². The fraction of sp³-hybridized carbons (Fsp3) is 0.571. The number of hydrogen-bond donors (Lipinski definition) is 3. The topological polar surface area (TPSA) is 107 Å². The quantitative estimate of drug-likeness (QED) is 0.576. The van der Waals surface area contributed by atoms with Crippen LogP contribution in [0.2, 0.25) is 0 Å². The molecule has 8 heteroatoms. The van der Waals surface area contributed by atoms with Crippen molar-refractivity contribution >= 4 is 17.6 Å². The molecule has 190 valence electrons. The zero-order valence-corrected chi connectivity index (χ0v) is 20.9. The molecule has 4 bridgehead atoms. The lowest BCUT2D eigenvalue weighted by Gasteiger charge is -2.62. The molecular weight excluding hydrogens is 454 g/mol. The Kier molecular flexibility index (Phi) is 5.74. The molecule has 3 heterocycles. The minimum Gasteiger partial charge on any atom is -0.394 e. The summed E-state index contributed by atoms with van der Waals surface area (Å²) in [6, 6.07) is 11.1. The lowest BCUT2D eigenvalue weighted by Crippen LogP contribution is -2.70. The Hall–Kier alpha value is -3.00. The van der Waals surface area contributed by atoms with E-state index >= 15 is 0 Å². The lowest BCUT2D eigenvalue weighted by molar-refractivity contribution is -0.0449. The van der Waals surface area contributed by atoms with Crippen molar-refractivity contribution in [2.24, 2.45) is 11.8 Å². The van der Waals surface area contributed by atoms with Gasteiger partial charge in [-0.1, -0.05) is 12.1 Å². The Morgan fingerprint density at radius 1 is 0.972 bits per heavy atom. The fourth-order valence-electron chi connectivity index (χ4n) is 7.87. The third kappa shape index (κ3) is 4.25. The number of pyridine rings is 2. The number of hydrogen-bond acceptors (Lipinski definition) is 6. The van der Waals surface area contributed by atoms with E-state index < -0.39 is 0 Å². The lowest BCUT2D eigenvalue weighted by atomic mass is 9.49. The van der Waals surface area contributed by atoms with Crippen LogP contribution in [0.15, 0.2) is 36.4 Å². The molecule has 4 aliphatic carbocycles. The van der Waals surface area contributed by atoms with Crippen LogP contribution in [-0.2, 0) is 0 Å². The van der Waals surface area contributed by atoms with Crippen molar-refractivity contribution < 1.29 is 14.7 Å². The minimum absolute atomic E-state index is 0.0605.